The molecule has 2 aromatic carbocycles. The molecule has 4 rings (SSSR count). The lowest BCUT2D eigenvalue weighted by atomic mass is 10.0. The van der Waals surface area contributed by atoms with Crippen LogP contribution in [-0.2, 0) is 11.4 Å². The molecule has 8 nitrogen and oxygen atoms in total. The number of nitrogens with zero attached hydrogens (tertiary/aromatic N) is 3. The monoisotopic (exact) mass is 406 g/mol. The predicted octanol–water partition coefficient (Wildman–Crippen LogP) is 2.66. The Balaban J connectivity index is 1.49. The first-order chi connectivity index (χ1) is 14.6. The zero-order chi connectivity index (χ0) is 20.9. The van der Waals surface area contributed by atoms with Crippen molar-refractivity contribution in [3.8, 4) is 5.75 Å². The molecule has 1 aliphatic rings. The number of aromatic nitrogens is 2. The number of rotatable bonds is 5. The summed E-state index contributed by atoms with van der Waals surface area (Å²) in [4.78, 5) is 31.2. The van der Waals surface area contributed by atoms with Gasteiger partial charge in [0.1, 0.15) is 5.75 Å². The van der Waals surface area contributed by atoms with E-state index < -0.39 is 0 Å². The first-order valence-corrected chi connectivity index (χ1v) is 9.75. The third kappa shape index (κ3) is 4.48. The second-order valence-electron chi connectivity index (χ2n) is 7.02. The highest BCUT2D eigenvalue weighted by Crippen LogP contribution is 2.27. The van der Waals surface area contributed by atoms with E-state index in [1.807, 2.05) is 30.3 Å². The van der Waals surface area contributed by atoms with Crippen LogP contribution in [0.5, 0.6) is 5.75 Å². The molecule has 1 fully saturated rings. The molecule has 0 spiro atoms. The molecule has 0 bridgehead atoms. The van der Waals surface area contributed by atoms with Crippen LogP contribution < -0.4 is 10.1 Å². The van der Waals surface area contributed by atoms with E-state index >= 15 is 0 Å². The standard InChI is InChI=1S/C22H22N4O4/c1-15-24-20(25-30-15)14-29-18-9-7-17(8-10-18)22(28)26-12-11-23-21(27)13-19(26)16-5-3-2-4-6-16/h2-10,19H,11-14H2,1H3,(H,23,27)/t19-/m1/s1. The Kier molecular flexibility index (Phi) is 5.74. The molecule has 0 radical (unpaired) electrons. The Labute approximate surface area is 173 Å². The summed E-state index contributed by atoms with van der Waals surface area (Å²) in [6.07, 6.45) is 0.237. The summed E-state index contributed by atoms with van der Waals surface area (Å²) in [5.41, 5.74) is 1.48. The smallest absolute Gasteiger partial charge is 0.254 e. The van der Waals surface area contributed by atoms with E-state index in [2.05, 4.69) is 15.5 Å². The Hall–Kier alpha value is -3.68. The van der Waals surface area contributed by atoms with Crippen LogP contribution in [0.25, 0.3) is 0 Å². The molecule has 154 valence electrons. The van der Waals surface area contributed by atoms with Crippen molar-refractivity contribution in [2.45, 2.75) is 26.0 Å². The van der Waals surface area contributed by atoms with Gasteiger partial charge in [0.15, 0.2) is 6.61 Å². The third-order valence-electron chi connectivity index (χ3n) is 4.91. The lowest BCUT2D eigenvalue weighted by Gasteiger charge is -2.29. The number of amides is 2. The van der Waals surface area contributed by atoms with Gasteiger partial charge in [-0.25, -0.2) is 0 Å². The number of benzene rings is 2. The maximum Gasteiger partial charge on any atom is 0.254 e. The number of hydrogen-bond acceptors (Lipinski definition) is 6. The minimum atomic E-state index is -0.307. The van der Waals surface area contributed by atoms with Gasteiger partial charge in [-0.1, -0.05) is 35.5 Å². The van der Waals surface area contributed by atoms with E-state index in [-0.39, 0.29) is 30.9 Å². The van der Waals surface area contributed by atoms with Crippen LogP contribution >= 0.6 is 0 Å². The van der Waals surface area contributed by atoms with Crippen LogP contribution in [0.15, 0.2) is 59.1 Å². The minimum absolute atomic E-state index is 0.0559. The Morgan fingerprint density at radius 3 is 2.67 bits per heavy atom. The Morgan fingerprint density at radius 2 is 1.97 bits per heavy atom. The molecule has 1 aromatic heterocycles. The van der Waals surface area contributed by atoms with E-state index in [4.69, 9.17) is 9.26 Å². The van der Waals surface area contributed by atoms with Crippen molar-refractivity contribution in [2.75, 3.05) is 13.1 Å². The molecule has 0 unspecified atom stereocenters. The maximum atomic E-state index is 13.2. The Morgan fingerprint density at radius 1 is 1.20 bits per heavy atom. The first kappa shape index (κ1) is 19.6. The van der Waals surface area contributed by atoms with Gasteiger partial charge in [-0.15, -0.1) is 0 Å². The number of ether oxygens (including phenoxy) is 1. The lowest BCUT2D eigenvalue weighted by Crippen LogP contribution is -2.36. The van der Waals surface area contributed by atoms with Crippen molar-refractivity contribution in [2.24, 2.45) is 0 Å². The molecule has 1 saturated heterocycles. The van der Waals surface area contributed by atoms with Crippen LogP contribution in [0.4, 0.5) is 0 Å². The summed E-state index contributed by atoms with van der Waals surface area (Å²) in [6, 6.07) is 16.2. The van der Waals surface area contributed by atoms with E-state index in [9.17, 15) is 9.59 Å². The topological polar surface area (TPSA) is 97.6 Å². The molecule has 0 saturated carbocycles. The van der Waals surface area contributed by atoms with Gasteiger partial charge >= 0.3 is 0 Å². The number of aryl methyl sites for hydroxylation is 1. The quantitative estimate of drug-likeness (QED) is 0.700. The van der Waals surface area contributed by atoms with E-state index in [1.54, 1.807) is 36.1 Å². The van der Waals surface area contributed by atoms with Crippen molar-refractivity contribution < 1.29 is 18.8 Å². The second-order valence-corrected chi connectivity index (χ2v) is 7.02. The van der Waals surface area contributed by atoms with Crippen molar-refractivity contribution in [3.05, 3.63) is 77.4 Å². The first-order valence-electron chi connectivity index (χ1n) is 9.75. The highest BCUT2D eigenvalue weighted by Gasteiger charge is 2.30. The number of carbonyl (C=O) groups is 2. The summed E-state index contributed by atoms with van der Waals surface area (Å²) >= 11 is 0. The number of hydrogen-bond donors (Lipinski definition) is 1. The minimum Gasteiger partial charge on any atom is -0.485 e. The molecule has 2 amide bonds. The van der Waals surface area contributed by atoms with Crippen molar-refractivity contribution in [1.82, 2.24) is 20.4 Å². The molecule has 8 heteroatoms. The van der Waals surface area contributed by atoms with Crippen LogP contribution in [0.3, 0.4) is 0 Å². The SMILES string of the molecule is Cc1nc(COc2ccc(C(=O)N3CCNC(=O)C[C@@H]3c3ccccc3)cc2)no1. The second kappa shape index (κ2) is 8.77. The van der Waals surface area contributed by atoms with Gasteiger partial charge in [0, 0.05) is 25.6 Å². The van der Waals surface area contributed by atoms with Gasteiger partial charge in [-0.3, -0.25) is 9.59 Å². The van der Waals surface area contributed by atoms with Crippen molar-refractivity contribution in [1.29, 1.82) is 0 Å². The third-order valence-corrected chi connectivity index (χ3v) is 4.91. The van der Waals surface area contributed by atoms with E-state index in [0.29, 0.717) is 36.1 Å². The highest BCUT2D eigenvalue weighted by molar-refractivity contribution is 5.95. The van der Waals surface area contributed by atoms with Crippen LogP contribution in [0.2, 0.25) is 0 Å². The Bertz CT molecular complexity index is 1020. The predicted molar refractivity (Wildman–Crippen MR) is 108 cm³/mol. The number of nitrogens with one attached hydrogen (secondary N) is 1. The molecule has 30 heavy (non-hydrogen) atoms. The molecule has 1 atom stereocenters. The lowest BCUT2D eigenvalue weighted by molar-refractivity contribution is -0.121. The fraction of sp³-hybridized carbons (Fsp3) is 0.273. The summed E-state index contributed by atoms with van der Waals surface area (Å²) < 4.78 is 10.6. The van der Waals surface area contributed by atoms with Crippen LogP contribution in [0, 0.1) is 6.92 Å². The summed E-state index contributed by atoms with van der Waals surface area (Å²) in [7, 11) is 0. The average molecular weight is 406 g/mol. The highest BCUT2D eigenvalue weighted by atomic mass is 16.5. The molecular weight excluding hydrogens is 384 g/mol. The summed E-state index contributed by atoms with van der Waals surface area (Å²) in [5, 5.41) is 6.64. The summed E-state index contributed by atoms with van der Waals surface area (Å²) in [5.74, 6) is 1.36. The zero-order valence-corrected chi connectivity index (χ0v) is 16.6. The van der Waals surface area contributed by atoms with Gasteiger partial charge in [-0.2, -0.15) is 4.98 Å². The molecular formula is C22H22N4O4. The summed E-state index contributed by atoms with van der Waals surface area (Å²) in [6.45, 7) is 2.77. The average Bonchev–Trinajstić information content (AvgIpc) is 3.09. The van der Waals surface area contributed by atoms with Gasteiger partial charge in [-0.05, 0) is 29.8 Å². The van der Waals surface area contributed by atoms with Gasteiger partial charge < -0.3 is 19.5 Å². The molecule has 3 aromatic rings. The van der Waals surface area contributed by atoms with Crippen molar-refractivity contribution in [3.63, 3.8) is 0 Å². The normalized spacial score (nSPS) is 16.6. The fourth-order valence-electron chi connectivity index (χ4n) is 3.45. The van der Waals surface area contributed by atoms with Crippen molar-refractivity contribution >= 4 is 11.8 Å². The maximum absolute atomic E-state index is 13.2. The molecule has 2 heterocycles. The zero-order valence-electron chi connectivity index (χ0n) is 16.6. The fourth-order valence-corrected chi connectivity index (χ4v) is 3.45. The molecule has 1 aliphatic heterocycles. The molecule has 1 N–H and O–H groups in total. The van der Waals surface area contributed by atoms with Gasteiger partial charge in [0.25, 0.3) is 5.91 Å². The van der Waals surface area contributed by atoms with E-state index in [0.717, 1.165) is 5.56 Å². The molecule has 0 aliphatic carbocycles. The van der Waals surface area contributed by atoms with E-state index in [1.165, 1.54) is 0 Å². The number of carbonyl (C=O) groups excluding carboxylic acids is 2. The van der Waals surface area contributed by atoms with Gasteiger partial charge in [0.2, 0.25) is 17.6 Å². The van der Waals surface area contributed by atoms with Crippen LogP contribution in [0.1, 0.15) is 40.1 Å². The van der Waals surface area contributed by atoms with Gasteiger partial charge in [0.05, 0.1) is 12.5 Å². The van der Waals surface area contributed by atoms with Crippen LogP contribution in [-0.4, -0.2) is 39.9 Å². The largest absolute Gasteiger partial charge is 0.485 e.